The zero-order valence-corrected chi connectivity index (χ0v) is 9.70. The van der Waals surface area contributed by atoms with Gasteiger partial charge in [0.25, 0.3) is 0 Å². The van der Waals surface area contributed by atoms with Crippen LogP contribution in [-0.4, -0.2) is 17.8 Å². The predicted molar refractivity (Wildman–Crippen MR) is 62.5 cm³/mol. The van der Waals surface area contributed by atoms with E-state index in [2.05, 4.69) is 0 Å². The second-order valence-corrected chi connectivity index (χ2v) is 5.48. The first kappa shape index (κ1) is 11.4. The lowest BCUT2D eigenvalue weighted by Gasteiger charge is -2.40. The molecule has 0 heterocycles. The van der Waals surface area contributed by atoms with Gasteiger partial charge in [0, 0.05) is 0 Å². The molecule has 3 atom stereocenters. The standard InChI is InChI=1S/C13H25NO/c14-9-11-7-4-8-12(13(11)15)10-5-2-1-3-6-10/h10-13,15H,1-9,14H2. The van der Waals surface area contributed by atoms with Crippen LogP contribution in [-0.2, 0) is 0 Å². The molecule has 0 aliphatic heterocycles. The van der Waals surface area contributed by atoms with Crippen molar-refractivity contribution in [3.05, 3.63) is 0 Å². The Morgan fingerprint density at radius 1 is 0.933 bits per heavy atom. The molecule has 0 radical (unpaired) electrons. The minimum Gasteiger partial charge on any atom is -0.392 e. The molecule has 2 aliphatic carbocycles. The summed E-state index contributed by atoms with van der Waals surface area (Å²) in [6.45, 7) is 0.671. The van der Waals surface area contributed by atoms with Crippen molar-refractivity contribution in [1.29, 1.82) is 0 Å². The van der Waals surface area contributed by atoms with Crippen molar-refractivity contribution in [1.82, 2.24) is 0 Å². The SMILES string of the molecule is NCC1CCCC(C2CCCCC2)C1O. The van der Waals surface area contributed by atoms with Gasteiger partial charge in [-0.1, -0.05) is 38.5 Å². The van der Waals surface area contributed by atoms with Crippen LogP contribution in [0.4, 0.5) is 0 Å². The van der Waals surface area contributed by atoms with Gasteiger partial charge in [0.15, 0.2) is 0 Å². The minimum atomic E-state index is -0.105. The topological polar surface area (TPSA) is 46.2 Å². The van der Waals surface area contributed by atoms with E-state index in [-0.39, 0.29) is 6.10 Å². The number of rotatable bonds is 2. The Balaban J connectivity index is 1.94. The molecular weight excluding hydrogens is 186 g/mol. The van der Waals surface area contributed by atoms with Crippen molar-refractivity contribution >= 4 is 0 Å². The second-order valence-electron chi connectivity index (χ2n) is 5.48. The third kappa shape index (κ3) is 2.54. The molecular formula is C13H25NO. The lowest BCUT2D eigenvalue weighted by Crippen LogP contribution is -2.41. The van der Waals surface area contributed by atoms with Crippen molar-refractivity contribution in [2.45, 2.75) is 57.5 Å². The van der Waals surface area contributed by atoms with Crippen LogP contribution in [0.15, 0.2) is 0 Å². The van der Waals surface area contributed by atoms with Crippen LogP contribution < -0.4 is 5.73 Å². The fourth-order valence-electron chi connectivity index (χ4n) is 3.64. The highest BCUT2D eigenvalue weighted by molar-refractivity contribution is 4.87. The fourth-order valence-corrected chi connectivity index (χ4v) is 3.64. The Morgan fingerprint density at radius 3 is 2.33 bits per heavy atom. The maximum absolute atomic E-state index is 10.3. The van der Waals surface area contributed by atoms with Gasteiger partial charge in [-0.05, 0) is 37.1 Å². The Morgan fingerprint density at radius 2 is 1.67 bits per heavy atom. The third-order valence-corrected chi connectivity index (χ3v) is 4.59. The van der Waals surface area contributed by atoms with E-state index in [1.165, 1.54) is 44.9 Å². The molecule has 2 aliphatic rings. The molecule has 3 unspecified atom stereocenters. The van der Waals surface area contributed by atoms with Crippen LogP contribution in [0.2, 0.25) is 0 Å². The molecule has 0 spiro atoms. The summed E-state index contributed by atoms with van der Waals surface area (Å²) in [5.41, 5.74) is 5.73. The summed E-state index contributed by atoms with van der Waals surface area (Å²) in [4.78, 5) is 0. The van der Waals surface area contributed by atoms with E-state index in [1.54, 1.807) is 0 Å². The van der Waals surface area contributed by atoms with Crippen molar-refractivity contribution in [3.63, 3.8) is 0 Å². The molecule has 3 N–H and O–H groups in total. The first-order valence-corrected chi connectivity index (χ1v) is 6.71. The van der Waals surface area contributed by atoms with Gasteiger partial charge in [0.05, 0.1) is 6.10 Å². The number of hydrogen-bond donors (Lipinski definition) is 2. The summed E-state index contributed by atoms with van der Waals surface area (Å²) in [6.07, 6.45) is 10.4. The molecule has 88 valence electrons. The van der Waals surface area contributed by atoms with Crippen LogP contribution >= 0.6 is 0 Å². The van der Waals surface area contributed by atoms with Crippen LogP contribution in [0, 0.1) is 17.8 Å². The molecule has 2 nitrogen and oxygen atoms in total. The molecule has 0 aromatic carbocycles. The largest absolute Gasteiger partial charge is 0.392 e. The maximum Gasteiger partial charge on any atom is 0.0611 e. The molecule has 0 amide bonds. The Hall–Kier alpha value is -0.0800. The molecule has 15 heavy (non-hydrogen) atoms. The first-order valence-electron chi connectivity index (χ1n) is 6.71. The molecule has 2 heteroatoms. The summed E-state index contributed by atoms with van der Waals surface area (Å²) in [7, 11) is 0. The van der Waals surface area contributed by atoms with E-state index < -0.39 is 0 Å². The van der Waals surface area contributed by atoms with Crippen molar-refractivity contribution in [2.24, 2.45) is 23.5 Å². The number of hydrogen-bond acceptors (Lipinski definition) is 2. The molecule has 0 bridgehead atoms. The molecule has 0 aromatic heterocycles. The summed E-state index contributed by atoms with van der Waals surface area (Å²) in [5.74, 6) is 1.74. The second kappa shape index (κ2) is 5.31. The van der Waals surface area contributed by atoms with Crippen LogP contribution in [0.5, 0.6) is 0 Å². The summed E-state index contributed by atoms with van der Waals surface area (Å²) in [5, 5.41) is 10.3. The van der Waals surface area contributed by atoms with E-state index in [0.717, 1.165) is 12.3 Å². The van der Waals surface area contributed by atoms with Crippen LogP contribution in [0.1, 0.15) is 51.4 Å². The Bertz CT molecular complexity index is 187. The van der Waals surface area contributed by atoms with Crippen molar-refractivity contribution in [2.75, 3.05) is 6.54 Å². The van der Waals surface area contributed by atoms with E-state index >= 15 is 0 Å². The molecule has 2 fully saturated rings. The van der Waals surface area contributed by atoms with Gasteiger partial charge in [-0.2, -0.15) is 0 Å². The third-order valence-electron chi connectivity index (χ3n) is 4.59. The zero-order chi connectivity index (χ0) is 10.7. The summed E-state index contributed by atoms with van der Waals surface area (Å²) < 4.78 is 0. The van der Waals surface area contributed by atoms with Gasteiger partial charge < -0.3 is 10.8 Å². The minimum absolute atomic E-state index is 0.105. The molecule has 0 aromatic rings. The van der Waals surface area contributed by atoms with E-state index in [9.17, 15) is 5.11 Å². The van der Waals surface area contributed by atoms with Crippen LogP contribution in [0.3, 0.4) is 0 Å². The highest BCUT2D eigenvalue weighted by Gasteiger charge is 2.36. The number of aliphatic hydroxyl groups excluding tert-OH is 1. The van der Waals surface area contributed by atoms with Gasteiger partial charge >= 0.3 is 0 Å². The summed E-state index contributed by atoms with van der Waals surface area (Å²) >= 11 is 0. The van der Waals surface area contributed by atoms with E-state index in [0.29, 0.717) is 18.4 Å². The van der Waals surface area contributed by atoms with Crippen LogP contribution in [0.25, 0.3) is 0 Å². The lowest BCUT2D eigenvalue weighted by atomic mass is 9.68. The number of nitrogens with two attached hydrogens (primary N) is 1. The monoisotopic (exact) mass is 211 g/mol. The quantitative estimate of drug-likeness (QED) is 0.736. The highest BCUT2D eigenvalue weighted by Crippen LogP contribution is 2.40. The highest BCUT2D eigenvalue weighted by atomic mass is 16.3. The summed E-state index contributed by atoms with van der Waals surface area (Å²) in [6, 6.07) is 0. The molecule has 2 rings (SSSR count). The van der Waals surface area contributed by atoms with Gasteiger partial charge in [0.2, 0.25) is 0 Å². The lowest BCUT2D eigenvalue weighted by molar-refractivity contribution is -0.0138. The van der Waals surface area contributed by atoms with Crippen molar-refractivity contribution in [3.8, 4) is 0 Å². The smallest absolute Gasteiger partial charge is 0.0611 e. The van der Waals surface area contributed by atoms with Gasteiger partial charge in [-0.25, -0.2) is 0 Å². The maximum atomic E-state index is 10.3. The fraction of sp³-hybridized carbons (Fsp3) is 1.00. The van der Waals surface area contributed by atoms with E-state index in [4.69, 9.17) is 5.73 Å². The first-order chi connectivity index (χ1) is 7.33. The molecule has 0 saturated heterocycles. The predicted octanol–water partition coefficient (Wildman–Crippen LogP) is 2.30. The Labute approximate surface area is 93.2 Å². The average molecular weight is 211 g/mol. The van der Waals surface area contributed by atoms with Gasteiger partial charge in [-0.15, -0.1) is 0 Å². The average Bonchev–Trinajstić information content (AvgIpc) is 2.30. The normalized spacial score (nSPS) is 39.2. The number of aliphatic hydroxyl groups is 1. The van der Waals surface area contributed by atoms with Gasteiger partial charge in [-0.3, -0.25) is 0 Å². The molecule has 2 saturated carbocycles. The Kier molecular flexibility index (Phi) is 4.04. The van der Waals surface area contributed by atoms with Gasteiger partial charge in [0.1, 0.15) is 0 Å². The van der Waals surface area contributed by atoms with E-state index in [1.807, 2.05) is 0 Å². The zero-order valence-electron chi connectivity index (χ0n) is 9.70. The van der Waals surface area contributed by atoms with Crippen molar-refractivity contribution < 1.29 is 5.11 Å².